The van der Waals surface area contributed by atoms with Crippen LogP contribution in [-0.2, 0) is 10.2 Å². The molecule has 0 spiro atoms. The summed E-state index contributed by atoms with van der Waals surface area (Å²) in [7, 11) is -3.61. The Bertz CT molecular complexity index is 540. The molecule has 1 fully saturated rings. The van der Waals surface area contributed by atoms with E-state index in [9.17, 15) is 12.8 Å². The van der Waals surface area contributed by atoms with E-state index in [1.54, 1.807) is 0 Å². The number of nitrogens with zero attached hydrogens (tertiary/aromatic N) is 1. The highest BCUT2D eigenvalue weighted by Crippen LogP contribution is 2.22. The average molecular weight is 287 g/mol. The molecule has 0 unspecified atom stereocenters. The van der Waals surface area contributed by atoms with Gasteiger partial charge >= 0.3 is 10.2 Å². The van der Waals surface area contributed by atoms with Crippen molar-refractivity contribution < 1.29 is 12.8 Å². The minimum absolute atomic E-state index is 0.0818. The highest BCUT2D eigenvalue weighted by Gasteiger charge is 2.23. The number of benzene rings is 1. The lowest BCUT2D eigenvalue weighted by Crippen LogP contribution is -2.36. The summed E-state index contributed by atoms with van der Waals surface area (Å²) < 4.78 is 41.2. The van der Waals surface area contributed by atoms with Gasteiger partial charge in [0.25, 0.3) is 0 Å². The summed E-state index contributed by atoms with van der Waals surface area (Å²) >= 11 is 0. The van der Waals surface area contributed by atoms with E-state index in [1.807, 2.05) is 0 Å². The molecule has 1 aromatic rings. The van der Waals surface area contributed by atoms with Crippen LogP contribution in [0.3, 0.4) is 0 Å². The van der Waals surface area contributed by atoms with E-state index in [1.165, 1.54) is 16.4 Å². The Hall–Kier alpha value is -1.34. The summed E-state index contributed by atoms with van der Waals surface area (Å²) in [5, 5.41) is 0. The zero-order chi connectivity index (χ0) is 13.9. The first kappa shape index (κ1) is 14.1. The van der Waals surface area contributed by atoms with Gasteiger partial charge in [-0.15, -0.1) is 0 Å². The molecule has 1 aliphatic rings. The summed E-state index contributed by atoms with van der Waals surface area (Å²) in [6.45, 7) is 1.02. The number of nitrogens with one attached hydrogen (secondary N) is 1. The van der Waals surface area contributed by atoms with Gasteiger partial charge in [-0.2, -0.15) is 12.7 Å². The molecule has 0 atom stereocenters. The second kappa shape index (κ2) is 5.75. The molecule has 7 heteroatoms. The van der Waals surface area contributed by atoms with E-state index < -0.39 is 16.0 Å². The second-order valence-electron chi connectivity index (χ2n) is 4.65. The Morgan fingerprint density at radius 3 is 2.37 bits per heavy atom. The molecular formula is C12H18FN3O2S. The summed E-state index contributed by atoms with van der Waals surface area (Å²) in [5.41, 5.74) is 5.90. The maximum Gasteiger partial charge on any atom is 0.301 e. The first-order chi connectivity index (χ1) is 8.99. The van der Waals surface area contributed by atoms with Crippen LogP contribution in [0.5, 0.6) is 0 Å². The minimum atomic E-state index is -3.61. The van der Waals surface area contributed by atoms with Gasteiger partial charge in [0, 0.05) is 13.1 Å². The number of hydrogen-bond acceptors (Lipinski definition) is 3. The summed E-state index contributed by atoms with van der Waals surface area (Å²) in [6.07, 6.45) is 3.81. The van der Waals surface area contributed by atoms with E-state index in [0.29, 0.717) is 13.1 Å². The van der Waals surface area contributed by atoms with Crippen LogP contribution >= 0.6 is 0 Å². The molecule has 0 amide bonds. The fourth-order valence-electron chi connectivity index (χ4n) is 2.11. The predicted molar refractivity (Wildman–Crippen MR) is 73.4 cm³/mol. The van der Waals surface area contributed by atoms with Gasteiger partial charge in [-0.1, -0.05) is 12.8 Å². The van der Waals surface area contributed by atoms with Gasteiger partial charge < -0.3 is 5.73 Å². The van der Waals surface area contributed by atoms with E-state index in [4.69, 9.17) is 5.73 Å². The first-order valence-electron chi connectivity index (χ1n) is 6.32. The standard InChI is InChI=1S/C12H18FN3O2S/c13-10-5-6-12(11(14)9-10)15-19(17,18)16-7-3-1-2-4-8-16/h5-6,9,15H,1-4,7-8,14H2. The topological polar surface area (TPSA) is 75.4 Å². The molecule has 1 aliphatic heterocycles. The van der Waals surface area contributed by atoms with Gasteiger partial charge in [0.15, 0.2) is 0 Å². The van der Waals surface area contributed by atoms with Gasteiger partial charge in [0.2, 0.25) is 0 Å². The number of rotatable bonds is 3. The van der Waals surface area contributed by atoms with Gasteiger partial charge in [-0.25, -0.2) is 4.39 Å². The maximum absolute atomic E-state index is 12.9. The Labute approximate surface area is 112 Å². The van der Waals surface area contributed by atoms with Crippen LogP contribution in [0.2, 0.25) is 0 Å². The normalized spacial score (nSPS) is 17.9. The number of anilines is 2. The highest BCUT2D eigenvalue weighted by molar-refractivity contribution is 7.90. The zero-order valence-corrected chi connectivity index (χ0v) is 11.4. The largest absolute Gasteiger partial charge is 0.397 e. The Balaban J connectivity index is 2.15. The van der Waals surface area contributed by atoms with Gasteiger partial charge in [0.05, 0.1) is 11.4 Å². The monoisotopic (exact) mass is 287 g/mol. The second-order valence-corrected chi connectivity index (χ2v) is 6.32. The number of nitrogen functional groups attached to an aromatic ring is 1. The van der Waals surface area contributed by atoms with Gasteiger partial charge in [-0.3, -0.25) is 4.72 Å². The molecule has 3 N–H and O–H groups in total. The molecule has 5 nitrogen and oxygen atoms in total. The number of hydrogen-bond donors (Lipinski definition) is 2. The van der Waals surface area contributed by atoms with Crippen LogP contribution in [-0.4, -0.2) is 25.8 Å². The summed E-state index contributed by atoms with van der Waals surface area (Å²) in [6, 6.07) is 3.61. The third-order valence-corrected chi connectivity index (χ3v) is 4.68. The van der Waals surface area contributed by atoms with E-state index in [-0.39, 0.29) is 11.4 Å². The molecule has 0 aliphatic carbocycles. The molecule has 1 aromatic carbocycles. The van der Waals surface area contributed by atoms with Crippen LogP contribution in [0, 0.1) is 5.82 Å². The molecule has 2 rings (SSSR count). The molecule has 19 heavy (non-hydrogen) atoms. The lowest BCUT2D eigenvalue weighted by molar-refractivity contribution is 0.427. The van der Waals surface area contributed by atoms with E-state index in [2.05, 4.69) is 4.72 Å². The van der Waals surface area contributed by atoms with E-state index in [0.717, 1.165) is 31.7 Å². The molecule has 1 heterocycles. The third-order valence-electron chi connectivity index (χ3n) is 3.16. The van der Waals surface area contributed by atoms with Crippen molar-refractivity contribution in [3.63, 3.8) is 0 Å². The average Bonchev–Trinajstić information content (AvgIpc) is 2.62. The third kappa shape index (κ3) is 3.57. The van der Waals surface area contributed by atoms with Crippen molar-refractivity contribution in [2.45, 2.75) is 25.7 Å². The molecule has 0 saturated carbocycles. The summed E-state index contributed by atoms with van der Waals surface area (Å²) in [4.78, 5) is 0. The quantitative estimate of drug-likeness (QED) is 0.834. The highest BCUT2D eigenvalue weighted by atomic mass is 32.2. The van der Waals surface area contributed by atoms with Crippen LogP contribution in [0.25, 0.3) is 0 Å². The Morgan fingerprint density at radius 1 is 1.16 bits per heavy atom. The van der Waals surface area contributed by atoms with E-state index >= 15 is 0 Å². The first-order valence-corrected chi connectivity index (χ1v) is 7.76. The number of halogens is 1. The van der Waals surface area contributed by atoms with Crippen molar-refractivity contribution in [2.75, 3.05) is 23.5 Å². The zero-order valence-electron chi connectivity index (χ0n) is 10.6. The van der Waals surface area contributed by atoms with Crippen molar-refractivity contribution in [3.8, 4) is 0 Å². The molecule has 0 radical (unpaired) electrons. The fraction of sp³-hybridized carbons (Fsp3) is 0.500. The summed E-state index contributed by atoms with van der Waals surface area (Å²) in [5.74, 6) is -0.491. The van der Waals surface area contributed by atoms with Crippen LogP contribution in [0.4, 0.5) is 15.8 Å². The van der Waals surface area contributed by atoms with Crippen LogP contribution in [0.1, 0.15) is 25.7 Å². The molecule has 106 valence electrons. The Kier molecular flexibility index (Phi) is 4.26. The molecule has 0 aromatic heterocycles. The SMILES string of the molecule is Nc1cc(F)ccc1NS(=O)(=O)N1CCCCCC1. The van der Waals surface area contributed by atoms with Gasteiger partial charge in [0.1, 0.15) is 5.82 Å². The maximum atomic E-state index is 12.9. The smallest absolute Gasteiger partial charge is 0.301 e. The van der Waals surface area contributed by atoms with Gasteiger partial charge in [-0.05, 0) is 31.0 Å². The van der Waals surface area contributed by atoms with Crippen molar-refractivity contribution in [3.05, 3.63) is 24.0 Å². The van der Waals surface area contributed by atoms with Crippen molar-refractivity contribution in [1.82, 2.24) is 4.31 Å². The fourth-order valence-corrected chi connectivity index (χ4v) is 3.44. The molecule has 0 bridgehead atoms. The van der Waals surface area contributed by atoms with Crippen molar-refractivity contribution in [1.29, 1.82) is 0 Å². The lowest BCUT2D eigenvalue weighted by Gasteiger charge is -2.21. The molecule has 1 saturated heterocycles. The van der Waals surface area contributed by atoms with Crippen molar-refractivity contribution >= 4 is 21.6 Å². The Morgan fingerprint density at radius 2 is 1.79 bits per heavy atom. The predicted octanol–water partition coefficient (Wildman–Crippen LogP) is 1.94. The van der Waals surface area contributed by atoms with Crippen molar-refractivity contribution in [2.24, 2.45) is 0 Å². The lowest BCUT2D eigenvalue weighted by atomic mass is 10.2. The van der Waals surface area contributed by atoms with Crippen LogP contribution < -0.4 is 10.5 Å². The molecular weight excluding hydrogens is 269 g/mol. The van der Waals surface area contributed by atoms with Crippen LogP contribution in [0.15, 0.2) is 18.2 Å². The minimum Gasteiger partial charge on any atom is -0.397 e. The number of nitrogens with two attached hydrogens (primary N) is 1.